The third-order valence-electron chi connectivity index (χ3n) is 1.66. The fraction of sp³-hybridized carbons (Fsp3) is 1.00. The van der Waals surface area contributed by atoms with E-state index in [4.69, 9.17) is 10.2 Å². The Bertz CT molecular complexity index is 71.7. The molecule has 0 spiro atoms. The van der Waals surface area contributed by atoms with Gasteiger partial charge in [0.15, 0.2) is 0 Å². The highest BCUT2D eigenvalue weighted by Crippen LogP contribution is 2.05. The van der Waals surface area contributed by atoms with Gasteiger partial charge in [-0.3, -0.25) is 0 Å². The van der Waals surface area contributed by atoms with Crippen molar-refractivity contribution in [2.75, 3.05) is 0 Å². The lowest BCUT2D eigenvalue weighted by molar-refractivity contribution is 0.0247. The van der Waals surface area contributed by atoms with Crippen LogP contribution in [0.3, 0.4) is 0 Å². The molecule has 0 aliphatic carbocycles. The maximum absolute atomic E-state index is 9.10. The maximum atomic E-state index is 9.10. The number of unbranched alkanes of at least 4 members (excludes halogenated alkanes) is 2. The lowest BCUT2D eigenvalue weighted by Crippen LogP contribution is -2.21. The zero-order valence-electron chi connectivity index (χ0n) is 6.88. The van der Waals surface area contributed by atoms with Gasteiger partial charge >= 0.3 is 0 Å². The Morgan fingerprint density at radius 2 is 1.80 bits per heavy atom. The van der Waals surface area contributed by atoms with Crippen LogP contribution < -0.4 is 0 Å². The first-order valence-corrected chi connectivity index (χ1v) is 4.04. The molecule has 0 fully saturated rings. The summed E-state index contributed by atoms with van der Waals surface area (Å²) in [6.45, 7) is 3.74. The summed E-state index contributed by atoms with van der Waals surface area (Å²) in [6.07, 6.45) is 2.95. The van der Waals surface area contributed by atoms with E-state index in [9.17, 15) is 0 Å². The van der Waals surface area contributed by atoms with Crippen molar-refractivity contribution in [2.45, 2.75) is 51.7 Å². The van der Waals surface area contributed by atoms with Crippen LogP contribution in [0.25, 0.3) is 0 Å². The molecule has 0 aliphatic heterocycles. The summed E-state index contributed by atoms with van der Waals surface area (Å²) in [6, 6.07) is 0. The average Bonchev–Trinajstić information content (AvgIpc) is 1.88. The molecular formula is C8H18O2. The van der Waals surface area contributed by atoms with Crippen LogP contribution in [0.4, 0.5) is 0 Å². The molecular weight excluding hydrogens is 128 g/mol. The first kappa shape index (κ1) is 9.92. The Hall–Kier alpha value is -0.0800. The molecule has 62 valence electrons. The smallest absolute Gasteiger partial charge is 0.0796 e. The third kappa shape index (κ3) is 4.77. The molecule has 2 heteroatoms. The summed E-state index contributed by atoms with van der Waals surface area (Å²) in [4.78, 5) is 0. The fourth-order valence-corrected chi connectivity index (χ4v) is 0.845. The molecule has 2 N–H and O–H groups in total. The molecule has 0 amide bonds. The van der Waals surface area contributed by atoms with Crippen LogP contribution in [0.2, 0.25) is 0 Å². The summed E-state index contributed by atoms with van der Waals surface area (Å²) in [5.74, 6) is 0. The second-order valence-electron chi connectivity index (χ2n) is 2.80. The van der Waals surface area contributed by atoms with Crippen molar-refractivity contribution in [3.05, 3.63) is 0 Å². The van der Waals surface area contributed by atoms with Gasteiger partial charge in [-0.1, -0.05) is 26.2 Å². The fourth-order valence-electron chi connectivity index (χ4n) is 0.845. The Kier molecular flexibility index (Phi) is 5.64. The normalized spacial score (nSPS) is 16.8. The highest BCUT2D eigenvalue weighted by Gasteiger charge is 2.08. The molecule has 0 aromatic heterocycles. The predicted octanol–water partition coefficient (Wildman–Crippen LogP) is 1.31. The Morgan fingerprint density at radius 3 is 2.20 bits per heavy atom. The van der Waals surface area contributed by atoms with Crippen molar-refractivity contribution < 1.29 is 10.2 Å². The van der Waals surface area contributed by atoms with Gasteiger partial charge in [0, 0.05) is 0 Å². The second-order valence-corrected chi connectivity index (χ2v) is 2.80. The topological polar surface area (TPSA) is 40.5 Å². The van der Waals surface area contributed by atoms with Crippen LogP contribution >= 0.6 is 0 Å². The van der Waals surface area contributed by atoms with E-state index in [0.29, 0.717) is 0 Å². The van der Waals surface area contributed by atoms with E-state index in [2.05, 4.69) is 6.92 Å². The maximum Gasteiger partial charge on any atom is 0.0796 e. The molecule has 0 saturated heterocycles. The first-order valence-electron chi connectivity index (χ1n) is 4.04. The average molecular weight is 146 g/mol. The Balaban J connectivity index is 3.13. The lowest BCUT2D eigenvalue weighted by atomic mass is 10.1. The predicted molar refractivity (Wildman–Crippen MR) is 41.8 cm³/mol. The zero-order valence-corrected chi connectivity index (χ0v) is 6.88. The molecule has 2 nitrogen and oxygen atoms in total. The van der Waals surface area contributed by atoms with E-state index in [1.165, 1.54) is 0 Å². The van der Waals surface area contributed by atoms with E-state index >= 15 is 0 Å². The molecule has 0 bridgehead atoms. The van der Waals surface area contributed by atoms with Gasteiger partial charge in [0.05, 0.1) is 12.2 Å². The van der Waals surface area contributed by atoms with Crippen LogP contribution in [-0.4, -0.2) is 22.4 Å². The van der Waals surface area contributed by atoms with Gasteiger partial charge in [-0.2, -0.15) is 0 Å². The van der Waals surface area contributed by atoms with E-state index in [0.717, 1.165) is 25.7 Å². The third-order valence-corrected chi connectivity index (χ3v) is 1.66. The van der Waals surface area contributed by atoms with Crippen molar-refractivity contribution in [1.82, 2.24) is 0 Å². The van der Waals surface area contributed by atoms with Crippen LogP contribution in [-0.2, 0) is 0 Å². The van der Waals surface area contributed by atoms with Gasteiger partial charge in [0.25, 0.3) is 0 Å². The van der Waals surface area contributed by atoms with Crippen LogP contribution in [0, 0.1) is 0 Å². The van der Waals surface area contributed by atoms with Gasteiger partial charge in [-0.05, 0) is 13.3 Å². The van der Waals surface area contributed by atoms with E-state index in [1.807, 2.05) is 0 Å². The number of hydrogen-bond donors (Lipinski definition) is 2. The van der Waals surface area contributed by atoms with E-state index in [1.54, 1.807) is 6.92 Å². The minimum atomic E-state index is -0.572. The van der Waals surface area contributed by atoms with Gasteiger partial charge in [0.1, 0.15) is 0 Å². The van der Waals surface area contributed by atoms with Gasteiger partial charge in [-0.15, -0.1) is 0 Å². The summed E-state index contributed by atoms with van der Waals surface area (Å²) in [5.41, 5.74) is 0. The molecule has 0 aliphatic rings. The molecule has 0 radical (unpaired) electrons. The Labute approximate surface area is 62.9 Å². The molecule has 0 aromatic rings. The molecule has 2 atom stereocenters. The van der Waals surface area contributed by atoms with Crippen molar-refractivity contribution in [3.63, 3.8) is 0 Å². The van der Waals surface area contributed by atoms with Crippen LogP contribution in [0.5, 0.6) is 0 Å². The van der Waals surface area contributed by atoms with Crippen molar-refractivity contribution >= 4 is 0 Å². The summed E-state index contributed by atoms with van der Waals surface area (Å²) >= 11 is 0. The molecule has 0 heterocycles. The Morgan fingerprint density at radius 1 is 1.20 bits per heavy atom. The standard InChI is InChI=1S/C8H18O2/c1-3-4-5-6-8(10)7(2)9/h7-10H,3-6H2,1-2H3/t7-,8+/m1/s1. The summed E-state index contributed by atoms with van der Waals surface area (Å²) in [5, 5.41) is 18.0. The zero-order chi connectivity index (χ0) is 7.98. The lowest BCUT2D eigenvalue weighted by Gasteiger charge is -2.12. The minimum Gasteiger partial charge on any atom is -0.391 e. The number of rotatable bonds is 5. The van der Waals surface area contributed by atoms with E-state index in [-0.39, 0.29) is 0 Å². The van der Waals surface area contributed by atoms with Crippen molar-refractivity contribution in [2.24, 2.45) is 0 Å². The van der Waals surface area contributed by atoms with Crippen molar-refractivity contribution in [1.29, 1.82) is 0 Å². The highest BCUT2D eigenvalue weighted by atomic mass is 16.3. The van der Waals surface area contributed by atoms with Crippen LogP contribution in [0.15, 0.2) is 0 Å². The summed E-state index contributed by atoms with van der Waals surface area (Å²) < 4.78 is 0. The largest absolute Gasteiger partial charge is 0.391 e. The van der Waals surface area contributed by atoms with E-state index < -0.39 is 12.2 Å². The SMILES string of the molecule is CCCCC[C@H](O)[C@@H](C)O. The second kappa shape index (κ2) is 5.69. The van der Waals surface area contributed by atoms with Gasteiger partial charge < -0.3 is 10.2 Å². The molecule has 0 saturated carbocycles. The number of aliphatic hydroxyl groups excluding tert-OH is 2. The number of hydrogen-bond acceptors (Lipinski definition) is 2. The highest BCUT2D eigenvalue weighted by molar-refractivity contribution is 4.60. The molecule has 10 heavy (non-hydrogen) atoms. The van der Waals surface area contributed by atoms with Crippen molar-refractivity contribution in [3.8, 4) is 0 Å². The number of aliphatic hydroxyl groups is 2. The molecule has 0 aromatic carbocycles. The minimum absolute atomic E-state index is 0.522. The van der Waals surface area contributed by atoms with Crippen LogP contribution in [0.1, 0.15) is 39.5 Å². The monoisotopic (exact) mass is 146 g/mol. The van der Waals surface area contributed by atoms with Gasteiger partial charge in [0.2, 0.25) is 0 Å². The van der Waals surface area contributed by atoms with Gasteiger partial charge in [-0.25, -0.2) is 0 Å². The quantitative estimate of drug-likeness (QED) is 0.574. The molecule has 0 unspecified atom stereocenters. The molecule has 0 rings (SSSR count). The summed E-state index contributed by atoms with van der Waals surface area (Å²) in [7, 11) is 0. The first-order chi connectivity index (χ1) is 4.68.